The zero-order chi connectivity index (χ0) is 19.4. The lowest BCUT2D eigenvalue weighted by Gasteiger charge is -2.20. The quantitative estimate of drug-likeness (QED) is 0.622. The highest BCUT2D eigenvalue weighted by atomic mass is 16.2. The smallest absolute Gasteiger partial charge is 0.222 e. The van der Waals surface area contributed by atoms with Crippen molar-refractivity contribution in [3.63, 3.8) is 0 Å². The fourth-order valence-electron chi connectivity index (χ4n) is 2.99. The summed E-state index contributed by atoms with van der Waals surface area (Å²) in [6, 6.07) is 8.25. The third kappa shape index (κ3) is 7.56. The van der Waals surface area contributed by atoms with E-state index in [1.54, 1.807) is 4.90 Å². The SMILES string of the molecule is CCN(CC)Cc1ccccc1CNC(=O)CCCC(=O)N(CC)CC. The third-order valence-corrected chi connectivity index (χ3v) is 4.79. The van der Waals surface area contributed by atoms with E-state index in [-0.39, 0.29) is 11.8 Å². The van der Waals surface area contributed by atoms with Crippen molar-refractivity contribution in [2.75, 3.05) is 26.2 Å². The zero-order valence-corrected chi connectivity index (χ0v) is 16.9. The van der Waals surface area contributed by atoms with Gasteiger partial charge in [-0.25, -0.2) is 0 Å². The highest BCUT2D eigenvalue weighted by Crippen LogP contribution is 2.12. The molecule has 0 aliphatic carbocycles. The number of carbonyl (C=O) groups is 2. The molecule has 0 unspecified atom stereocenters. The van der Waals surface area contributed by atoms with Crippen molar-refractivity contribution in [2.45, 2.75) is 60.0 Å². The molecule has 146 valence electrons. The first-order valence-corrected chi connectivity index (χ1v) is 9.89. The monoisotopic (exact) mass is 361 g/mol. The fraction of sp³-hybridized carbons (Fsp3) is 0.619. The van der Waals surface area contributed by atoms with E-state index < -0.39 is 0 Å². The molecule has 26 heavy (non-hydrogen) atoms. The maximum absolute atomic E-state index is 12.1. The molecule has 0 radical (unpaired) electrons. The molecule has 0 bridgehead atoms. The molecular weight excluding hydrogens is 326 g/mol. The summed E-state index contributed by atoms with van der Waals surface area (Å²) < 4.78 is 0. The molecule has 2 amide bonds. The number of hydrogen-bond donors (Lipinski definition) is 1. The van der Waals surface area contributed by atoms with E-state index in [9.17, 15) is 9.59 Å². The van der Waals surface area contributed by atoms with Gasteiger partial charge in [-0.15, -0.1) is 0 Å². The van der Waals surface area contributed by atoms with E-state index in [0.717, 1.165) is 38.3 Å². The molecule has 0 aliphatic rings. The molecule has 0 spiro atoms. The molecule has 0 aromatic heterocycles. The molecule has 0 heterocycles. The van der Waals surface area contributed by atoms with Crippen molar-refractivity contribution in [3.8, 4) is 0 Å². The first-order valence-electron chi connectivity index (χ1n) is 9.89. The average molecular weight is 362 g/mol. The highest BCUT2D eigenvalue weighted by molar-refractivity contribution is 5.78. The van der Waals surface area contributed by atoms with E-state index in [2.05, 4.69) is 36.2 Å². The predicted octanol–water partition coefficient (Wildman–Crippen LogP) is 3.18. The number of benzene rings is 1. The van der Waals surface area contributed by atoms with E-state index >= 15 is 0 Å². The van der Waals surface area contributed by atoms with Crippen LogP contribution < -0.4 is 5.32 Å². The van der Waals surface area contributed by atoms with Crippen LogP contribution in [0.2, 0.25) is 0 Å². The molecule has 0 atom stereocenters. The molecular formula is C21H35N3O2. The number of amides is 2. The van der Waals surface area contributed by atoms with Crippen molar-refractivity contribution >= 4 is 11.8 Å². The van der Waals surface area contributed by atoms with Gasteiger partial charge in [-0.1, -0.05) is 38.1 Å². The Bertz CT molecular complexity index is 552. The van der Waals surface area contributed by atoms with Crippen LogP contribution in [0, 0.1) is 0 Å². The second kappa shape index (κ2) is 12.5. The van der Waals surface area contributed by atoms with Crippen molar-refractivity contribution in [1.82, 2.24) is 15.1 Å². The van der Waals surface area contributed by atoms with Crippen LogP contribution in [0.5, 0.6) is 0 Å². The van der Waals surface area contributed by atoms with Gasteiger partial charge in [-0.3, -0.25) is 14.5 Å². The number of nitrogens with one attached hydrogen (secondary N) is 1. The van der Waals surface area contributed by atoms with Gasteiger partial charge in [0.2, 0.25) is 11.8 Å². The van der Waals surface area contributed by atoms with Crippen molar-refractivity contribution in [3.05, 3.63) is 35.4 Å². The number of carbonyl (C=O) groups excluding carboxylic acids is 2. The Morgan fingerprint density at radius 2 is 1.50 bits per heavy atom. The normalized spacial score (nSPS) is 10.8. The van der Waals surface area contributed by atoms with Crippen LogP contribution in [0.25, 0.3) is 0 Å². The lowest BCUT2D eigenvalue weighted by Crippen LogP contribution is -2.30. The summed E-state index contributed by atoms with van der Waals surface area (Å²) in [6.45, 7) is 13.2. The van der Waals surface area contributed by atoms with Gasteiger partial charge in [0.25, 0.3) is 0 Å². The van der Waals surface area contributed by atoms with Crippen LogP contribution in [0.3, 0.4) is 0 Å². The molecule has 0 fully saturated rings. The minimum absolute atomic E-state index is 0.00925. The Morgan fingerprint density at radius 3 is 2.08 bits per heavy atom. The van der Waals surface area contributed by atoms with E-state index in [4.69, 9.17) is 0 Å². The van der Waals surface area contributed by atoms with Crippen LogP contribution in [-0.2, 0) is 22.7 Å². The average Bonchev–Trinajstić information content (AvgIpc) is 2.66. The molecule has 1 aromatic rings. The Kier molecular flexibility index (Phi) is 10.6. The van der Waals surface area contributed by atoms with Crippen LogP contribution in [-0.4, -0.2) is 47.8 Å². The first-order chi connectivity index (χ1) is 12.5. The lowest BCUT2D eigenvalue weighted by molar-refractivity contribution is -0.131. The summed E-state index contributed by atoms with van der Waals surface area (Å²) in [6.07, 6.45) is 1.43. The van der Waals surface area contributed by atoms with Gasteiger partial charge in [-0.2, -0.15) is 0 Å². The van der Waals surface area contributed by atoms with Crippen LogP contribution in [0.4, 0.5) is 0 Å². The molecule has 1 N–H and O–H groups in total. The second-order valence-electron chi connectivity index (χ2n) is 6.43. The minimum atomic E-state index is 0.00925. The van der Waals surface area contributed by atoms with Gasteiger partial charge < -0.3 is 10.2 Å². The van der Waals surface area contributed by atoms with Crippen molar-refractivity contribution < 1.29 is 9.59 Å². The summed E-state index contributed by atoms with van der Waals surface area (Å²) in [5.41, 5.74) is 2.42. The fourth-order valence-corrected chi connectivity index (χ4v) is 2.99. The topological polar surface area (TPSA) is 52.7 Å². The number of nitrogens with zero attached hydrogens (tertiary/aromatic N) is 2. The molecule has 5 heteroatoms. The Balaban J connectivity index is 2.44. The first kappa shape index (κ1) is 22.2. The minimum Gasteiger partial charge on any atom is -0.352 e. The summed E-state index contributed by atoms with van der Waals surface area (Å²) >= 11 is 0. The van der Waals surface area contributed by atoms with Gasteiger partial charge in [0, 0.05) is 39.0 Å². The van der Waals surface area contributed by atoms with Gasteiger partial charge in [0.1, 0.15) is 0 Å². The molecule has 5 nitrogen and oxygen atoms in total. The Labute approximate surface area is 158 Å². The molecule has 1 aromatic carbocycles. The van der Waals surface area contributed by atoms with Crippen molar-refractivity contribution in [1.29, 1.82) is 0 Å². The third-order valence-electron chi connectivity index (χ3n) is 4.79. The lowest BCUT2D eigenvalue weighted by atomic mass is 10.1. The number of hydrogen-bond acceptors (Lipinski definition) is 3. The largest absolute Gasteiger partial charge is 0.352 e. The van der Waals surface area contributed by atoms with Gasteiger partial charge in [0.05, 0.1) is 0 Å². The molecule has 0 saturated heterocycles. The van der Waals surface area contributed by atoms with Crippen molar-refractivity contribution in [2.24, 2.45) is 0 Å². The maximum Gasteiger partial charge on any atom is 0.222 e. The second-order valence-corrected chi connectivity index (χ2v) is 6.43. The summed E-state index contributed by atoms with van der Waals surface area (Å²) in [5, 5.41) is 3.00. The van der Waals surface area contributed by atoms with Gasteiger partial charge >= 0.3 is 0 Å². The van der Waals surface area contributed by atoms with Crippen LogP contribution >= 0.6 is 0 Å². The van der Waals surface area contributed by atoms with Gasteiger partial charge in [-0.05, 0) is 44.5 Å². The van der Waals surface area contributed by atoms with Gasteiger partial charge in [0.15, 0.2) is 0 Å². The van der Waals surface area contributed by atoms with E-state index in [1.165, 1.54) is 5.56 Å². The summed E-state index contributed by atoms with van der Waals surface area (Å²) in [5.74, 6) is 0.141. The predicted molar refractivity (Wildman–Crippen MR) is 107 cm³/mol. The molecule has 0 aliphatic heterocycles. The number of rotatable bonds is 12. The molecule has 1 rings (SSSR count). The Morgan fingerprint density at radius 1 is 0.885 bits per heavy atom. The maximum atomic E-state index is 12.1. The van der Waals surface area contributed by atoms with E-state index in [1.807, 2.05) is 26.0 Å². The summed E-state index contributed by atoms with van der Waals surface area (Å²) in [7, 11) is 0. The summed E-state index contributed by atoms with van der Waals surface area (Å²) in [4.78, 5) is 28.2. The van der Waals surface area contributed by atoms with Crippen LogP contribution in [0.1, 0.15) is 58.1 Å². The Hall–Kier alpha value is -1.88. The van der Waals surface area contributed by atoms with E-state index in [0.29, 0.717) is 25.8 Å². The standard InChI is InChI=1S/C21H35N3O2/c1-5-23(6-2)17-19-13-10-9-12-18(19)16-22-20(25)14-11-15-21(26)24(7-3)8-4/h9-10,12-13H,5-8,11,14-17H2,1-4H3,(H,22,25). The zero-order valence-electron chi connectivity index (χ0n) is 16.9. The highest BCUT2D eigenvalue weighted by Gasteiger charge is 2.11. The van der Waals surface area contributed by atoms with Crippen LogP contribution in [0.15, 0.2) is 24.3 Å². The molecule has 0 saturated carbocycles.